The highest BCUT2D eigenvalue weighted by Crippen LogP contribution is 2.29. The van der Waals surface area contributed by atoms with Crippen molar-refractivity contribution in [3.63, 3.8) is 0 Å². The van der Waals surface area contributed by atoms with Crippen LogP contribution in [0.5, 0.6) is 0 Å². The number of hydrogen-bond acceptors (Lipinski definition) is 3. The number of nitrogens with one attached hydrogen (secondary N) is 1. The Morgan fingerprint density at radius 3 is 2.42 bits per heavy atom. The molecule has 1 aliphatic rings. The minimum atomic E-state index is -0.779. The van der Waals surface area contributed by atoms with Gasteiger partial charge in [0, 0.05) is 10.0 Å². The smallest absolute Gasteiger partial charge is 0.273 e. The lowest BCUT2D eigenvalue weighted by Gasteiger charge is -2.28. The molecule has 0 radical (unpaired) electrons. The van der Waals surface area contributed by atoms with Gasteiger partial charge in [-0.1, -0.05) is 59.6 Å². The summed E-state index contributed by atoms with van der Waals surface area (Å²) in [6.45, 7) is 3.66. The highest BCUT2D eigenvalue weighted by atomic mass is 35.5. The van der Waals surface area contributed by atoms with Crippen LogP contribution in [0.1, 0.15) is 27.8 Å². The van der Waals surface area contributed by atoms with Crippen LogP contribution >= 0.6 is 23.2 Å². The van der Waals surface area contributed by atoms with E-state index in [1.807, 2.05) is 43.3 Å². The maximum Gasteiger partial charge on any atom is 0.335 e. The molecule has 4 rings (SSSR count). The Bertz CT molecular complexity index is 1330. The second-order valence-electron chi connectivity index (χ2n) is 7.86. The molecule has 0 unspecified atom stereocenters. The van der Waals surface area contributed by atoms with Gasteiger partial charge in [-0.15, -0.1) is 0 Å². The van der Waals surface area contributed by atoms with Crippen LogP contribution in [-0.4, -0.2) is 17.8 Å². The lowest BCUT2D eigenvalue weighted by Crippen LogP contribution is -2.54. The molecule has 7 heteroatoms. The van der Waals surface area contributed by atoms with E-state index in [0.29, 0.717) is 27.7 Å². The summed E-state index contributed by atoms with van der Waals surface area (Å²) in [6, 6.07) is 17.4. The molecular formula is C26H20Cl2N2O3. The molecule has 1 heterocycles. The fourth-order valence-corrected chi connectivity index (χ4v) is 4.08. The number of aryl methyl sites for hydroxylation is 2. The molecule has 0 spiro atoms. The van der Waals surface area contributed by atoms with Gasteiger partial charge in [-0.25, -0.2) is 9.69 Å². The summed E-state index contributed by atoms with van der Waals surface area (Å²) in [5, 5.41) is 3.34. The van der Waals surface area contributed by atoms with Gasteiger partial charge in [-0.3, -0.25) is 14.9 Å². The molecule has 166 valence electrons. The summed E-state index contributed by atoms with van der Waals surface area (Å²) in [7, 11) is 0. The number of carbonyl (C=O) groups is 3. The minimum Gasteiger partial charge on any atom is -0.273 e. The number of rotatable bonds is 4. The van der Waals surface area contributed by atoms with Crippen LogP contribution in [0.25, 0.3) is 6.08 Å². The van der Waals surface area contributed by atoms with E-state index in [9.17, 15) is 14.4 Å². The van der Waals surface area contributed by atoms with Crippen LogP contribution in [-0.2, 0) is 16.0 Å². The van der Waals surface area contributed by atoms with Gasteiger partial charge in [0.25, 0.3) is 11.8 Å². The van der Waals surface area contributed by atoms with Crippen molar-refractivity contribution in [2.75, 3.05) is 4.90 Å². The SMILES string of the molecule is Cc1ccc(C)c(N2C(=O)NC(=O)/C(=C\c3cc(Cl)ccc3Cc3ccccc3Cl)C2=O)c1. The van der Waals surface area contributed by atoms with E-state index >= 15 is 0 Å². The van der Waals surface area contributed by atoms with Gasteiger partial charge in [0.1, 0.15) is 5.57 Å². The van der Waals surface area contributed by atoms with Crippen molar-refractivity contribution < 1.29 is 14.4 Å². The van der Waals surface area contributed by atoms with Crippen LogP contribution in [0.15, 0.2) is 66.2 Å². The van der Waals surface area contributed by atoms with E-state index in [2.05, 4.69) is 5.32 Å². The van der Waals surface area contributed by atoms with Gasteiger partial charge in [-0.2, -0.15) is 0 Å². The largest absolute Gasteiger partial charge is 0.335 e. The molecule has 3 aromatic carbocycles. The van der Waals surface area contributed by atoms with Gasteiger partial charge in [0.15, 0.2) is 0 Å². The van der Waals surface area contributed by atoms with Crippen molar-refractivity contribution in [1.82, 2.24) is 5.32 Å². The Morgan fingerprint density at radius 1 is 0.909 bits per heavy atom. The maximum atomic E-state index is 13.3. The number of benzene rings is 3. The third kappa shape index (κ3) is 4.70. The van der Waals surface area contributed by atoms with Crippen LogP contribution in [0.4, 0.5) is 10.5 Å². The Kier molecular flexibility index (Phi) is 6.36. The van der Waals surface area contributed by atoms with Gasteiger partial charge < -0.3 is 0 Å². The Labute approximate surface area is 201 Å². The van der Waals surface area contributed by atoms with Gasteiger partial charge >= 0.3 is 6.03 Å². The van der Waals surface area contributed by atoms with Crippen LogP contribution in [0, 0.1) is 13.8 Å². The van der Waals surface area contributed by atoms with E-state index in [0.717, 1.165) is 27.2 Å². The van der Waals surface area contributed by atoms with Crippen molar-refractivity contribution in [2.45, 2.75) is 20.3 Å². The molecule has 1 aliphatic heterocycles. The first-order chi connectivity index (χ1) is 15.7. The fourth-order valence-electron chi connectivity index (χ4n) is 3.70. The van der Waals surface area contributed by atoms with Crippen LogP contribution in [0.2, 0.25) is 10.0 Å². The molecule has 1 fully saturated rings. The van der Waals surface area contributed by atoms with Crippen molar-refractivity contribution in [1.29, 1.82) is 0 Å². The van der Waals surface area contributed by atoms with Crippen molar-refractivity contribution in [2.24, 2.45) is 0 Å². The molecule has 0 aromatic heterocycles. The fraction of sp³-hybridized carbons (Fsp3) is 0.115. The molecule has 33 heavy (non-hydrogen) atoms. The first kappa shape index (κ1) is 22.8. The summed E-state index contributed by atoms with van der Waals surface area (Å²) < 4.78 is 0. The van der Waals surface area contributed by atoms with E-state index in [1.165, 1.54) is 6.08 Å². The average Bonchev–Trinajstić information content (AvgIpc) is 2.76. The molecule has 1 saturated heterocycles. The van der Waals surface area contributed by atoms with Crippen LogP contribution in [0.3, 0.4) is 0 Å². The summed E-state index contributed by atoms with van der Waals surface area (Å²) in [5.74, 6) is -1.45. The molecule has 4 amide bonds. The molecule has 5 nitrogen and oxygen atoms in total. The first-order valence-electron chi connectivity index (χ1n) is 10.2. The highest BCUT2D eigenvalue weighted by molar-refractivity contribution is 6.39. The zero-order valence-electron chi connectivity index (χ0n) is 18.0. The van der Waals surface area contributed by atoms with Gasteiger partial charge in [0.2, 0.25) is 0 Å². The predicted molar refractivity (Wildman–Crippen MR) is 131 cm³/mol. The summed E-state index contributed by atoms with van der Waals surface area (Å²) in [4.78, 5) is 39.6. The Hall–Kier alpha value is -3.41. The number of nitrogens with zero attached hydrogens (tertiary/aromatic N) is 1. The topological polar surface area (TPSA) is 66.5 Å². The predicted octanol–water partition coefficient (Wildman–Crippen LogP) is 5.87. The van der Waals surface area contributed by atoms with Crippen molar-refractivity contribution >= 4 is 52.8 Å². The molecule has 0 aliphatic carbocycles. The van der Waals surface area contributed by atoms with E-state index in [-0.39, 0.29) is 5.57 Å². The van der Waals surface area contributed by atoms with E-state index < -0.39 is 17.8 Å². The molecular weight excluding hydrogens is 459 g/mol. The number of hydrogen-bond donors (Lipinski definition) is 1. The van der Waals surface area contributed by atoms with Crippen molar-refractivity contribution in [3.8, 4) is 0 Å². The van der Waals surface area contributed by atoms with E-state index in [4.69, 9.17) is 23.2 Å². The standard InChI is InChI=1S/C26H20Cl2N2O3/c1-15-7-8-16(2)23(11-15)30-25(32)21(24(31)29-26(30)33)14-19-13-20(27)10-9-17(19)12-18-5-3-4-6-22(18)28/h3-11,13-14H,12H2,1-2H3,(H,29,31,33)/b21-14+. The average molecular weight is 479 g/mol. The van der Waals surface area contributed by atoms with Gasteiger partial charge in [0.05, 0.1) is 5.69 Å². The third-order valence-electron chi connectivity index (χ3n) is 5.45. The zero-order chi connectivity index (χ0) is 23.7. The summed E-state index contributed by atoms with van der Waals surface area (Å²) in [6.07, 6.45) is 1.95. The number of anilines is 1. The maximum absolute atomic E-state index is 13.3. The molecule has 0 bridgehead atoms. The minimum absolute atomic E-state index is 0.154. The zero-order valence-corrected chi connectivity index (χ0v) is 19.5. The quantitative estimate of drug-likeness (QED) is 0.376. The highest BCUT2D eigenvalue weighted by Gasteiger charge is 2.37. The number of amides is 4. The summed E-state index contributed by atoms with van der Waals surface area (Å²) >= 11 is 12.5. The molecule has 0 saturated carbocycles. The lowest BCUT2D eigenvalue weighted by molar-refractivity contribution is -0.122. The first-order valence-corrected chi connectivity index (χ1v) is 11.0. The Morgan fingerprint density at radius 2 is 1.67 bits per heavy atom. The van der Waals surface area contributed by atoms with E-state index in [1.54, 1.807) is 31.2 Å². The third-order valence-corrected chi connectivity index (χ3v) is 6.06. The molecule has 0 atom stereocenters. The second kappa shape index (κ2) is 9.22. The number of barbiturate groups is 1. The lowest BCUT2D eigenvalue weighted by atomic mass is 9.97. The van der Waals surface area contributed by atoms with Crippen LogP contribution < -0.4 is 10.2 Å². The second-order valence-corrected chi connectivity index (χ2v) is 8.70. The number of carbonyl (C=O) groups excluding carboxylic acids is 3. The number of halogens is 2. The van der Waals surface area contributed by atoms with Gasteiger partial charge in [-0.05, 0) is 78.4 Å². The number of imide groups is 2. The monoisotopic (exact) mass is 478 g/mol. The Balaban J connectivity index is 1.78. The van der Waals surface area contributed by atoms with Crippen molar-refractivity contribution in [3.05, 3.63) is 104 Å². The molecule has 3 aromatic rings. The number of urea groups is 1. The normalized spacial score (nSPS) is 15.2. The summed E-state index contributed by atoms with van der Waals surface area (Å²) in [5.41, 5.74) is 4.21. The molecule has 1 N–H and O–H groups in total.